The quantitative estimate of drug-likeness (QED) is 0.614. The standard InChI is InChI=1S/C10H15NO2S/c1-11(12)7-8-4-5-9(13-2)6-10(8)14-3/h4-6,12H,7H2,1-3H3. The van der Waals surface area contributed by atoms with E-state index in [4.69, 9.17) is 9.94 Å². The Morgan fingerprint density at radius 1 is 1.50 bits per heavy atom. The van der Waals surface area contributed by atoms with Crippen LogP contribution in [-0.4, -0.2) is 30.7 Å². The fraction of sp³-hybridized carbons (Fsp3) is 0.400. The maximum Gasteiger partial charge on any atom is 0.119 e. The van der Waals surface area contributed by atoms with Gasteiger partial charge in [0, 0.05) is 18.5 Å². The third-order valence-corrected chi connectivity index (χ3v) is 2.71. The van der Waals surface area contributed by atoms with E-state index in [9.17, 15) is 0 Å². The molecular formula is C10H15NO2S. The van der Waals surface area contributed by atoms with E-state index in [0.717, 1.165) is 16.2 Å². The van der Waals surface area contributed by atoms with Crippen LogP contribution in [0.5, 0.6) is 5.75 Å². The van der Waals surface area contributed by atoms with Crippen LogP contribution in [0.4, 0.5) is 0 Å². The molecule has 0 aliphatic heterocycles. The number of hydrogen-bond donors (Lipinski definition) is 1. The van der Waals surface area contributed by atoms with Crippen molar-refractivity contribution >= 4 is 11.8 Å². The first-order chi connectivity index (χ1) is 6.67. The van der Waals surface area contributed by atoms with Crippen LogP contribution in [0.25, 0.3) is 0 Å². The Labute approximate surface area is 88.6 Å². The van der Waals surface area contributed by atoms with E-state index in [1.165, 1.54) is 5.06 Å². The molecule has 0 saturated heterocycles. The number of ether oxygens (including phenoxy) is 1. The summed E-state index contributed by atoms with van der Waals surface area (Å²) >= 11 is 1.65. The van der Waals surface area contributed by atoms with Crippen molar-refractivity contribution < 1.29 is 9.94 Å². The summed E-state index contributed by atoms with van der Waals surface area (Å²) in [7, 11) is 3.28. The van der Waals surface area contributed by atoms with Gasteiger partial charge in [-0.15, -0.1) is 11.8 Å². The number of nitrogens with zero attached hydrogens (tertiary/aromatic N) is 1. The number of hydroxylamine groups is 2. The number of methoxy groups -OCH3 is 1. The van der Waals surface area contributed by atoms with Crippen LogP contribution in [0.1, 0.15) is 5.56 Å². The topological polar surface area (TPSA) is 32.7 Å². The Balaban J connectivity index is 2.93. The van der Waals surface area contributed by atoms with Gasteiger partial charge in [0.15, 0.2) is 0 Å². The molecule has 1 aromatic carbocycles. The first kappa shape index (κ1) is 11.4. The molecule has 0 fully saturated rings. The molecule has 0 unspecified atom stereocenters. The van der Waals surface area contributed by atoms with E-state index in [1.807, 2.05) is 24.5 Å². The molecule has 0 atom stereocenters. The second-order valence-electron chi connectivity index (χ2n) is 2.99. The van der Waals surface area contributed by atoms with Crippen LogP contribution >= 0.6 is 11.8 Å². The third kappa shape index (κ3) is 2.90. The lowest BCUT2D eigenvalue weighted by atomic mass is 10.2. The summed E-state index contributed by atoms with van der Waals surface area (Å²) in [6.45, 7) is 0.528. The Kier molecular flexibility index (Phi) is 4.25. The molecule has 0 amide bonds. The number of benzene rings is 1. The van der Waals surface area contributed by atoms with Crippen molar-refractivity contribution in [3.05, 3.63) is 23.8 Å². The van der Waals surface area contributed by atoms with Gasteiger partial charge in [0.05, 0.1) is 7.11 Å². The molecule has 1 aromatic rings. The molecule has 0 radical (unpaired) electrons. The molecule has 1 rings (SSSR count). The van der Waals surface area contributed by atoms with Crippen LogP contribution in [-0.2, 0) is 6.54 Å². The fourth-order valence-corrected chi connectivity index (χ4v) is 1.86. The van der Waals surface area contributed by atoms with E-state index in [2.05, 4.69) is 0 Å². The van der Waals surface area contributed by atoms with Gasteiger partial charge in [-0.25, -0.2) is 0 Å². The lowest BCUT2D eigenvalue weighted by Crippen LogP contribution is -2.12. The molecule has 0 bridgehead atoms. The first-order valence-electron chi connectivity index (χ1n) is 4.28. The minimum atomic E-state index is 0.528. The third-order valence-electron chi connectivity index (χ3n) is 1.89. The van der Waals surface area contributed by atoms with Gasteiger partial charge >= 0.3 is 0 Å². The highest BCUT2D eigenvalue weighted by molar-refractivity contribution is 7.98. The van der Waals surface area contributed by atoms with Crippen molar-refractivity contribution in [2.24, 2.45) is 0 Å². The first-order valence-corrected chi connectivity index (χ1v) is 5.50. The van der Waals surface area contributed by atoms with Crippen LogP contribution in [0.2, 0.25) is 0 Å². The smallest absolute Gasteiger partial charge is 0.119 e. The van der Waals surface area contributed by atoms with Gasteiger partial charge in [-0.2, -0.15) is 5.06 Å². The second kappa shape index (κ2) is 5.24. The molecule has 0 aliphatic carbocycles. The van der Waals surface area contributed by atoms with Crippen molar-refractivity contribution in [2.75, 3.05) is 20.4 Å². The van der Waals surface area contributed by atoms with E-state index in [-0.39, 0.29) is 0 Å². The molecule has 0 heterocycles. The second-order valence-corrected chi connectivity index (χ2v) is 3.84. The molecule has 0 aromatic heterocycles. The zero-order chi connectivity index (χ0) is 10.6. The summed E-state index contributed by atoms with van der Waals surface area (Å²) in [6, 6.07) is 5.85. The largest absolute Gasteiger partial charge is 0.497 e. The summed E-state index contributed by atoms with van der Waals surface area (Å²) in [5, 5.41) is 10.3. The van der Waals surface area contributed by atoms with E-state index >= 15 is 0 Å². The maximum absolute atomic E-state index is 9.15. The molecular weight excluding hydrogens is 198 g/mol. The molecule has 0 aliphatic rings. The summed E-state index contributed by atoms with van der Waals surface area (Å²) in [5.41, 5.74) is 1.10. The van der Waals surface area contributed by atoms with E-state index in [1.54, 1.807) is 25.9 Å². The van der Waals surface area contributed by atoms with Crippen LogP contribution in [0.3, 0.4) is 0 Å². The highest BCUT2D eigenvalue weighted by atomic mass is 32.2. The molecule has 1 N–H and O–H groups in total. The highest BCUT2D eigenvalue weighted by Crippen LogP contribution is 2.26. The zero-order valence-electron chi connectivity index (χ0n) is 8.65. The van der Waals surface area contributed by atoms with Crippen LogP contribution < -0.4 is 4.74 Å². The van der Waals surface area contributed by atoms with Crippen molar-refractivity contribution in [3.63, 3.8) is 0 Å². The lowest BCUT2D eigenvalue weighted by Gasteiger charge is -2.12. The van der Waals surface area contributed by atoms with Gasteiger partial charge in [-0.3, -0.25) is 0 Å². The van der Waals surface area contributed by atoms with Crippen LogP contribution in [0.15, 0.2) is 23.1 Å². The molecule has 78 valence electrons. The molecule has 0 spiro atoms. The van der Waals surface area contributed by atoms with Crippen molar-refractivity contribution in [1.29, 1.82) is 0 Å². The monoisotopic (exact) mass is 213 g/mol. The average molecular weight is 213 g/mol. The lowest BCUT2D eigenvalue weighted by molar-refractivity contribution is -0.0737. The molecule has 3 nitrogen and oxygen atoms in total. The number of rotatable bonds is 4. The van der Waals surface area contributed by atoms with Gasteiger partial charge in [-0.1, -0.05) is 6.07 Å². The Morgan fingerprint density at radius 3 is 2.71 bits per heavy atom. The summed E-state index contributed by atoms with van der Waals surface area (Å²) in [6.07, 6.45) is 2.01. The Bertz CT molecular complexity index is 302. The van der Waals surface area contributed by atoms with Crippen molar-refractivity contribution in [1.82, 2.24) is 5.06 Å². The van der Waals surface area contributed by atoms with Gasteiger partial charge in [0.25, 0.3) is 0 Å². The normalized spacial score (nSPS) is 10.6. The van der Waals surface area contributed by atoms with Crippen molar-refractivity contribution in [3.8, 4) is 5.75 Å². The van der Waals surface area contributed by atoms with E-state index in [0.29, 0.717) is 6.54 Å². The summed E-state index contributed by atoms with van der Waals surface area (Å²) in [5.74, 6) is 0.846. The summed E-state index contributed by atoms with van der Waals surface area (Å²) in [4.78, 5) is 1.13. The highest BCUT2D eigenvalue weighted by Gasteiger charge is 2.04. The predicted octanol–water partition coefficient (Wildman–Crippen LogP) is 2.24. The predicted molar refractivity (Wildman–Crippen MR) is 58.0 cm³/mol. The van der Waals surface area contributed by atoms with Gasteiger partial charge in [-0.05, 0) is 24.0 Å². The average Bonchev–Trinajstić information content (AvgIpc) is 2.17. The number of thioether (sulfide) groups is 1. The summed E-state index contributed by atoms with van der Waals surface area (Å²) < 4.78 is 5.13. The Hall–Kier alpha value is -0.710. The molecule has 4 heteroatoms. The Morgan fingerprint density at radius 2 is 2.21 bits per heavy atom. The zero-order valence-corrected chi connectivity index (χ0v) is 9.47. The maximum atomic E-state index is 9.15. The molecule has 14 heavy (non-hydrogen) atoms. The van der Waals surface area contributed by atoms with Gasteiger partial charge < -0.3 is 9.94 Å². The van der Waals surface area contributed by atoms with E-state index < -0.39 is 0 Å². The van der Waals surface area contributed by atoms with Crippen molar-refractivity contribution in [2.45, 2.75) is 11.4 Å². The fourth-order valence-electron chi connectivity index (χ4n) is 1.23. The van der Waals surface area contributed by atoms with Gasteiger partial charge in [0.2, 0.25) is 0 Å². The van der Waals surface area contributed by atoms with Crippen LogP contribution in [0, 0.1) is 0 Å². The molecule has 0 saturated carbocycles. The minimum Gasteiger partial charge on any atom is -0.497 e. The van der Waals surface area contributed by atoms with Gasteiger partial charge in [0.1, 0.15) is 5.75 Å². The number of hydrogen-bond acceptors (Lipinski definition) is 4. The minimum absolute atomic E-state index is 0.528. The SMILES string of the molecule is COc1ccc(CN(C)O)c(SC)c1.